The Bertz CT molecular complexity index is 179. The van der Waals surface area contributed by atoms with Gasteiger partial charge in [0.25, 0.3) is 0 Å². The Morgan fingerprint density at radius 1 is 1.20 bits per heavy atom. The highest BCUT2D eigenvalue weighted by molar-refractivity contribution is 4.82. The van der Waals surface area contributed by atoms with Crippen molar-refractivity contribution >= 4 is 0 Å². The van der Waals surface area contributed by atoms with E-state index in [0.717, 1.165) is 38.9 Å². The minimum Gasteiger partial charge on any atom is -0.356 e. The second-order valence-corrected chi connectivity index (χ2v) is 4.08. The van der Waals surface area contributed by atoms with Gasteiger partial charge in [-0.25, -0.2) is 0 Å². The van der Waals surface area contributed by atoms with Crippen LogP contribution in [0.3, 0.4) is 0 Å². The lowest BCUT2D eigenvalue weighted by atomic mass is 9.92. The van der Waals surface area contributed by atoms with Crippen LogP contribution in [-0.2, 0) is 18.9 Å². The average Bonchev–Trinajstić information content (AvgIpc) is 2.71. The molecule has 0 aromatic heterocycles. The first-order chi connectivity index (χ1) is 7.35. The minimum absolute atomic E-state index is 0.272. The molecule has 0 unspecified atom stereocenters. The molecular formula is C11H20O4. The molecule has 0 bridgehead atoms. The van der Waals surface area contributed by atoms with Crippen molar-refractivity contribution in [1.29, 1.82) is 0 Å². The lowest BCUT2D eigenvalue weighted by Gasteiger charge is -2.35. The maximum Gasteiger partial charge on any atom is 0.168 e. The molecule has 15 heavy (non-hydrogen) atoms. The summed E-state index contributed by atoms with van der Waals surface area (Å²) in [7, 11) is 0. The molecule has 0 amide bonds. The molecular weight excluding hydrogens is 196 g/mol. The van der Waals surface area contributed by atoms with Gasteiger partial charge in [0, 0.05) is 19.4 Å². The fourth-order valence-electron chi connectivity index (χ4n) is 2.21. The number of rotatable bonds is 4. The molecule has 1 aliphatic heterocycles. The molecule has 0 aromatic rings. The second kappa shape index (κ2) is 5.25. The van der Waals surface area contributed by atoms with E-state index in [4.69, 9.17) is 18.9 Å². The third-order valence-corrected chi connectivity index (χ3v) is 3.10. The average molecular weight is 216 g/mol. The van der Waals surface area contributed by atoms with Gasteiger partial charge in [0.2, 0.25) is 0 Å². The zero-order valence-electron chi connectivity index (χ0n) is 9.37. The second-order valence-electron chi connectivity index (χ2n) is 4.08. The van der Waals surface area contributed by atoms with Crippen LogP contribution in [0.4, 0.5) is 0 Å². The van der Waals surface area contributed by atoms with Crippen molar-refractivity contribution in [3.8, 4) is 0 Å². The summed E-state index contributed by atoms with van der Waals surface area (Å²) in [4.78, 5) is 0. The van der Waals surface area contributed by atoms with E-state index >= 15 is 0 Å². The van der Waals surface area contributed by atoms with Crippen molar-refractivity contribution in [2.24, 2.45) is 0 Å². The fraction of sp³-hybridized carbons (Fsp3) is 1.00. The van der Waals surface area contributed by atoms with Gasteiger partial charge in [-0.3, -0.25) is 0 Å². The Morgan fingerprint density at radius 2 is 1.87 bits per heavy atom. The maximum absolute atomic E-state index is 5.65. The highest BCUT2D eigenvalue weighted by Crippen LogP contribution is 2.36. The van der Waals surface area contributed by atoms with Crippen LogP contribution in [-0.4, -0.2) is 38.5 Å². The monoisotopic (exact) mass is 216 g/mol. The van der Waals surface area contributed by atoms with Crippen LogP contribution in [0.1, 0.15) is 32.6 Å². The summed E-state index contributed by atoms with van der Waals surface area (Å²) in [5.74, 6) is -0.272. The Morgan fingerprint density at radius 3 is 2.47 bits per heavy atom. The summed E-state index contributed by atoms with van der Waals surface area (Å²) in [6, 6.07) is 0. The van der Waals surface area contributed by atoms with Gasteiger partial charge >= 0.3 is 0 Å². The van der Waals surface area contributed by atoms with Gasteiger partial charge in [0.05, 0.1) is 19.3 Å². The number of hydrogen-bond donors (Lipinski definition) is 0. The van der Waals surface area contributed by atoms with Crippen LogP contribution >= 0.6 is 0 Å². The lowest BCUT2D eigenvalue weighted by molar-refractivity contribution is -0.200. The molecule has 4 heteroatoms. The predicted octanol–water partition coefficient (Wildman–Crippen LogP) is 1.68. The standard InChI is InChI=1S/C11H20O4/c1-2-12-9-13-10-3-5-11(6-4-10)14-7-8-15-11/h10H,2-9H2,1H3. The van der Waals surface area contributed by atoms with Crippen molar-refractivity contribution in [1.82, 2.24) is 0 Å². The minimum atomic E-state index is -0.272. The molecule has 2 aliphatic rings. The van der Waals surface area contributed by atoms with Crippen molar-refractivity contribution in [2.45, 2.75) is 44.5 Å². The molecule has 88 valence electrons. The van der Waals surface area contributed by atoms with E-state index in [9.17, 15) is 0 Å². The highest BCUT2D eigenvalue weighted by atomic mass is 16.7. The summed E-state index contributed by atoms with van der Waals surface area (Å²) in [6.07, 6.45) is 4.23. The Labute approximate surface area is 90.8 Å². The summed E-state index contributed by atoms with van der Waals surface area (Å²) in [5, 5.41) is 0. The molecule has 1 aliphatic carbocycles. The molecule has 2 rings (SSSR count). The van der Waals surface area contributed by atoms with E-state index in [-0.39, 0.29) is 5.79 Å². The molecule has 1 spiro atoms. The molecule has 0 aromatic carbocycles. The lowest BCUT2D eigenvalue weighted by Crippen LogP contribution is -2.37. The van der Waals surface area contributed by atoms with Gasteiger partial charge in [-0.05, 0) is 19.8 Å². The topological polar surface area (TPSA) is 36.9 Å². The van der Waals surface area contributed by atoms with E-state index < -0.39 is 0 Å². The van der Waals surface area contributed by atoms with Crippen molar-refractivity contribution in [2.75, 3.05) is 26.6 Å². The van der Waals surface area contributed by atoms with E-state index in [0.29, 0.717) is 19.5 Å². The predicted molar refractivity (Wildman–Crippen MR) is 54.5 cm³/mol. The van der Waals surface area contributed by atoms with E-state index in [1.54, 1.807) is 0 Å². The quantitative estimate of drug-likeness (QED) is 0.529. The van der Waals surface area contributed by atoms with Crippen LogP contribution < -0.4 is 0 Å². The van der Waals surface area contributed by atoms with Crippen LogP contribution in [0.2, 0.25) is 0 Å². The maximum atomic E-state index is 5.65. The summed E-state index contributed by atoms with van der Waals surface area (Å²) < 4.78 is 22.1. The molecule has 0 atom stereocenters. The fourth-order valence-corrected chi connectivity index (χ4v) is 2.21. The summed E-state index contributed by atoms with van der Waals surface area (Å²) in [6.45, 7) is 4.58. The van der Waals surface area contributed by atoms with Gasteiger partial charge < -0.3 is 18.9 Å². The van der Waals surface area contributed by atoms with Gasteiger partial charge in [0.1, 0.15) is 6.79 Å². The Balaban J connectivity index is 1.67. The van der Waals surface area contributed by atoms with Crippen molar-refractivity contribution in [3.05, 3.63) is 0 Å². The zero-order valence-corrected chi connectivity index (χ0v) is 9.37. The van der Waals surface area contributed by atoms with Gasteiger partial charge in [-0.2, -0.15) is 0 Å². The molecule has 2 fully saturated rings. The van der Waals surface area contributed by atoms with Crippen LogP contribution in [0.5, 0.6) is 0 Å². The first kappa shape index (κ1) is 11.3. The van der Waals surface area contributed by atoms with Crippen molar-refractivity contribution in [3.63, 3.8) is 0 Å². The van der Waals surface area contributed by atoms with Crippen molar-refractivity contribution < 1.29 is 18.9 Å². The smallest absolute Gasteiger partial charge is 0.168 e. The third kappa shape index (κ3) is 2.91. The molecule has 0 N–H and O–H groups in total. The van der Waals surface area contributed by atoms with E-state index in [1.807, 2.05) is 6.92 Å². The molecule has 1 heterocycles. The number of hydrogen-bond acceptors (Lipinski definition) is 4. The third-order valence-electron chi connectivity index (χ3n) is 3.10. The van der Waals surface area contributed by atoms with Crippen LogP contribution in [0.15, 0.2) is 0 Å². The number of ether oxygens (including phenoxy) is 4. The summed E-state index contributed by atoms with van der Waals surface area (Å²) in [5.41, 5.74) is 0. The van der Waals surface area contributed by atoms with Gasteiger partial charge in [0.15, 0.2) is 5.79 Å². The van der Waals surface area contributed by atoms with Gasteiger partial charge in [-0.1, -0.05) is 0 Å². The van der Waals surface area contributed by atoms with Gasteiger partial charge in [-0.15, -0.1) is 0 Å². The summed E-state index contributed by atoms with van der Waals surface area (Å²) >= 11 is 0. The molecule has 0 radical (unpaired) electrons. The van der Waals surface area contributed by atoms with E-state index in [1.165, 1.54) is 0 Å². The normalized spacial score (nSPS) is 26.2. The van der Waals surface area contributed by atoms with E-state index in [2.05, 4.69) is 0 Å². The Kier molecular flexibility index (Phi) is 3.97. The first-order valence-corrected chi connectivity index (χ1v) is 5.82. The van der Waals surface area contributed by atoms with Crippen LogP contribution in [0, 0.1) is 0 Å². The zero-order chi connectivity index (χ0) is 10.6. The highest BCUT2D eigenvalue weighted by Gasteiger charge is 2.40. The molecule has 1 saturated carbocycles. The molecule has 1 saturated heterocycles. The first-order valence-electron chi connectivity index (χ1n) is 5.82. The largest absolute Gasteiger partial charge is 0.356 e. The van der Waals surface area contributed by atoms with Crippen LogP contribution in [0.25, 0.3) is 0 Å². The SMILES string of the molecule is CCOCOC1CCC2(CC1)OCCO2. The Hall–Kier alpha value is -0.160. The molecule has 4 nitrogen and oxygen atoms in total.